The van der Waals surface area contributed by atoms with Gasteiger partial charge >= 0.3 is 46.0 Å². The molecule has 0 unspecified atom stereocenters. The minimum absolute atomic E-state index is 0.556. The van der Waals surface area contributed by atoms with Crippen molar-refractivity contribution in [2.24, 2.45) is 0 Å². The van der Waals surface area contributed by atoms with Crippen molar-refractivity contribution in [3.63, 3.8) is 0 Å². The van der Waals surface area contributed by atoms with Crippen LogP contribution in [-0.2, 0) is 27.4 Å². The Kier molecular flexibility index (Phi) is 9.35. The average molecular weight is 217 g/mol. The molecule has 0 spiro atoms. The van der Waals surface area contributed by atoms with Crippen LogP contribution in [-0.4, -0.2) is 17.5 Å². The van der Waals surface area contributed by atoms with Gasteiger partial charge in [-0.2, -0.15) is 8.42 Å². The average Bonchev–Trinajstić information content (AvgIpc) is 1.27. The first-order chi connectivity index (χ1) is 3.41. The maximum absolute atomic E-state index is 8.74. The van der Waals surface area contributed by atoms with Crippen molar-refractivity contribution in [1.29, 1.82) is 0 Å². The SMILES string of the molecule is O=S(=O)(O)O.[Cl][Ti][Cl]. The van der Waals surface area contributed by atoms with Gasteiger partial charge in [-0.05, 0) is 0 Å². The molecular weight excluding hydrogens is 215 g/mol. The summed E-state index contributed by atoms with van der Waals surface area (Å²) >= 11 is -0.556. The van der Waals surface area contributed by atoms with E-state index >= 15 is 0 Å². The first-order valence-electron chi connectivity index (χ1n) is 1.08. The fourth-order valence-corrected chi connectivity index (χ4v) is 0. The zero-order valence-corrected chi connectivity index (χ0v) is 7.27. The van der Waals surface area contributed by atoms with E-state index in [1.807, 2.05) is 0 Å². The van der Waals surface area contributed by atoms with Crippen molar-refractivity contribution in [2.45, 2.75) is 0 Å². The molecule has 0 fully saturated rings. The topological polar surface area (TPSA) is 74.6 Å². The summed E-state index contributed by atoms with van der Waals surface area (Å²) in [6.45, 7) is 0. The molecule has 2 N–H and O–H groups in total. The summed E-state index contributed by atoms with van der Waals surface area (Å²) in [5.74, 6) is 0. The Morgan fingerprint density at radius 2 is 1.25 bits per heavy atom. The first-order valence-corrected chi connectivity index (χ1v) is 6.77. The molecule has 8 heavy (non-hydrogen) atoms. The quantitative estimate of drug-likeness (QED) is 0.463. The molecule has 0 amide bonds. The van der Waals surface area contributed by atoms with E-state index in [0.717, 1.165) is 0 Å². The van der Waals surface area contributed by atoms with Crippen molar-refractivity contribution in [3.05, 3.63) is 0 Å². The van der Waals surface area contributed by atoms with Gasteiger partial charge in [-0.1, -0.05) is 0 Å². The van der Waals surface area contributed by atoms with Crippen LogP contribution in [0, 0.1) is 0 Å². The van der Waals surface area contributed by atoms with E-state index in [1.165, 1.54) is 0 Å². The second-order valence-electron chi connectivity index (χ2n) is 0.519. The molecule has 0 aromatic carbocycles. The van der Waals surface area contributed by atoms with Gasteiger partial charge in [-0.25, -0.2) is 0 Å². The number of halogens is 2. The van der Waals surface area contributed by atoms with Crippen LogP contribution in [0.3, 0.4) is 0 Å². The maximum atomic E-state index is 8.74. The number of hydrogen-bond donors (Lipinski definition) is 2. The van der Waals surface area contributed by atoms with Crippen molar-refractivity contribution >= 4 is 29.0 Å². The van der Waals surface area contributed by atoms with Gasteiger partial charge in [0.1, 0.15) is 0 Å². The molecule has 0 saturated carbocycles. The van der Waals surface area contributed by atoms with Crippen LogP contribution in [0.1, 0.15) is 0 Å². The van der Waals surface area contributed by atoms with Gasteiger partial charge in [0, 0.05) is 0 Å². The van der Waals surface area contributed by atoms with Crippen LogP contribution < -0.4 is 0 Å². The molecule has 4 nitrogen and oxygen atoms in total. The molecule has 0 saturated heterocycles. The van der Waals surface area contributed by atoms with E-state index in [-0.39, 0.29) is 0 Å². The minimum atomic E-state index is -4.67. The normalized spacial score (nSPS) is 9.00. The molecule has 8 heteroatoms. The summed E-state index contributed by atoms with van der Waals surface area (Å²) in [7, 11) is 5.11. The van der Waals surface area contributed by atoms with E-state index in [2.05, 4.69) is 0 Å². The molecule has 0 rings (SSSR count). The molecule has 50 valence electrons. The van der Waals surface area contributed by atoms with Crippen molar-refractivity contribution < 1.29 is 34.6 Å². The molecule has 0 aliphatic carbocycles. The molecule has 0 aromatic rings. The predicted octanol–water partition coefficient (Wildman–Crippen LogP) is 0.724. The molecule has 0 heterocycles. The molecule has 0 aromatic heterocycles. The van der Waals surface area contributed by atoms with E-state index in [0.29, 0.717) is 0 Å². The summed E-state index contributed by atoms with van der Waals surface area (Å²) in [5.41, 5.74) is 0. The fraction of sp³-hybridized carbons (Fsp3) is 0. The molecule has 0 aliphatic rings. The van der Waals surface area contributed by atoms with Crippen LogP contribution in [0.15, 0.2) is 0 Å². The Balaban J connectivity index is 0. The Bertz CT molecular complexity index is 108. The van der Waals surface area contributed by atoms with Crippen LogP contribution in [0.2, 0.25) is 0 Å². The van der Waals surface area contributed by atoms with Crippen LogP contribution in [0.4, 0.5) is 0 Å². The van der Waals surface area contributed by atoms with Gasteiger partial charge < -0.3 is 0 Å². The van der Waals surface area contributed by atoms with Gasteiger partial charge in [0.25, 0.3) is 0 Å². The zero-order chi connectivity index (χ0) is 7.21. The Labute approximate surface area is 63.4 Å². The van der Waals surface area contributed by atoms with E-state index < -0.39 is 27.4 Å². The van der Waals surface area contributed by atoms with Crippen molar-refractivity contribution in [1.82, 2.24) is 0 Å². The molecule has 0 atom stereocenters. The molecule has 0 aliphatic heterocycles. The summed E-state index contributed by atoms with van der Waals surface area (Å²) in [6, 6.07) is 0. The Morgan fingerprint density at radius 3 is 1.25 bits per heavy atom. The second kappa shape index (κ2) is 6.29. The van der Waals surface area contributed by atoms with Gasteiger partial charge in [0.2, 0.25) is 0 Å². The third kappa shape index (κ3) is 201. The van der Waals surface area contributed by atoms with Gasteiger partial charge in [-0.15, -0.1) is 0 Å². The Hall–Kier alpha value is 1.16. The van der Waals surface area contributed by atoms with Crippen molar-refractivity contribution in [3.8, 4) is 0 Å². The van der Waals surface area contributed by atoms with Crippen LogP contribution in [0.5, 0.6) is 0 Å². The van der Waals surface area contributed by atoms with Gasteiger partial charge in [0.05, 0.1) is 0 Å². The summed E-state index contributed by atoms with van der Waals surface area (Å²) in [4.78, 5) is 0. The van der Waals surface area contributed by atoms with Crippen LogP contribution in [0.25, 0.3) is 0 Å². The first kappa shape index (κ1) is 11.9. The summed E-state index contributed by atoms with van der Waals surface area (Å²) in [5, 5.41) is 0. The third-order valence-corrected chi connectivity index (χ3v) is 0. The number of rotatable bonds is 0. The fourth-order valence-electron chi connectivity index (χ4n) is 0. The summed E-state index contributed by atoms with van der Waals surface area (Å²) in [6.07, 6.45) is 0. The monoisotopic (exact) mass is 216 g/mol. The summed E-state index contributed by atoms with van der Waals surface area (Å²) < 4.78 is 31.6. The zero-order valence-electron chi connectivity index (χ0n) is 3.38. The van der Waals surface area contributed by atoms with Gasteiger partial charge in [-0.3, -0.25) is 9.11 Å². The van der Waals surface area contributed by atoms with Gasteiger partial charge in [0.15, 0.2) is 0 Å². The predicted molar refractivity (Wildman–Crippen MR) is 25.9 cm³/mol. The standard InChI is InChI=1S/2ClH.H2O4S.Ti/c;;1-5(2,3)4;/h2*1H;(H2,1,2,3,4);/q;;;+2/p-2. The van der Waals surface area contributed by atoms with E-state index in [9.17, 15) is 0 Å². The van der Waals surface area contributed by atoms with E-state index in [4.69, 9.17) is 36.1 Å². The van der Waals surface area contributed by atoms with E-state index in [1.54, 1.807) is 0 Å². The molecular formula is H2Cl2O4STi. The second-order valence-corrected chi connectivity index (χ2v) is 3.99. The molecule has 0 bridgehead atoms. The molecule has 0 radical (unpaired) electrons. The number of hydrogen-bond acceptors (Lipinski definition) is 2. The van der Waals surface area contributed by atoms with Crippen molar-refractivity contribution in [2.75, 3.05) is 0 Å². The Morgan fingerprint density at radius 1 is 1.25 bits per heavy atom. The third-order valence-electron chi connectivity index (χ3n) is 0. The van der Waals surface area contributed by atoms with Crippen LogP contribution >= 0.6 is 18.6 Å².